The maximum absolute atomic E-state index is 3.69. The summed E-state index contributed by atoms with van der Waals surface area (Å²) in [6.45, 7) is 3.89. The van der Waals surface area contributed by atoms with E-state index in [2.05, 4.69) is 15.3 Å². The molecule has 1 aliphatic carbocycles. The van der Waals surface area contributed by atoms with Crippen LogP contribution in [0.2, 0.25) is 0 Å². The van der Waals surface area contributed by atoms with Gasteiger partial charge < -0.3 is 5.32 Å². The van der Waals surface area contributed by atoms with Crippen LogP contribution in [0.3, 0.4) is 0 Å². The van der Waals surface area contributed by atoms with Gasteiger partial charge in [0.25, 0.3) is 0 Å². The molecule has 0 spiro atoms. The molecule has 0 aromatic heterocycles. The van der Waals surface area contributed by atoms with E-state index in [-0.39, 0.29) is 0 Å². The molecular formula is C15H27N3. The van der Waals surface area contributed by atoms with E-state index in [4.69, 9.17) is 0 Å². The predicted octanol–water partition coefficient (Wildman–Crippen LogP) is 1.99. The Morgan fingerprint density at radius 1 is 0.833 bits per heavy atom. The van der Waals surface area contributed by atoms with Crippen LogP contribution >= 0.6 is 0 Å². The monoisotopic (exact) mass is 249 g/mol. The summed E-state index contributed by atoms with van der Waals surface area (Å²) in [4.78, 5) is 0. The van der Waals surface area contributed by atoms with Gasteiger partial charge in [-0.3, -0.25) is 0 Å². The van der Waals surface area contributed by atoms with Crippen LogP contribution in [-0.2, 0) is 0 Å². The van der Waals surface area contributed by atoms with Gasteiger partial charge in [0.05, 0.1) is 6.04 Å². The molecule has 0 amide bonds. The molecule has 3 atom stereocenters. The van der Waals surface area contributed by atoms with Crippen molar-refractivity contribution in [2.45, 2.75) is 69.5 Å². The third kappa shape index (κ3) is 1.75. The van der Waals surface area contributed by atoms with Crippen LogP contribution in [-0.4, -0.2) is 47.8 Å². The minimum Gasteiger partial charge on any atom is -0.309 e. The van der Waals surface area contributed by atoms with Crippen LogP contribution in [0.4, 0.5) is 0 Å². The molecule has 0 bridgehead atoms. The maximum atomic E-state index is 3.69. The fourth-order valence-electron chi connectivity index (χ4n) is 4.74. The lowest BCUT2D eigenvalue weighted by Crippen LogP contribution is -2.87. The zero-order chi connectivity index (χ0) is 11.9. The van der Waals surface area contributed by atoms with E-state index >= 15 is 0 Å². The fourth-order valence-corrected chi connectivity index (χ4v) is 4.74. The largest absolute Gasteiger partial charge is 0.309 e. The third-order valence-corrected chi connectivity index (χ3v) is 5.78. The molecule has 3 aliphatic heterocycles. The van der Waals surface area contributed by atoms with Crippen molar-refractivity contribution in [1.29, 1.82) is 0 Å². The Kier molecular flexibility index (Phi) is 3.10. The van der Waals surface area contributed by atoms with Gasteiger partial charge in [-0.25, -0.2) is 10.0 Å². The second-order valence-corrected chi connectivity index (χ2v) is 6.78. The van der Waals surface area contributed by atoms with Gasteiger partial charge in [-0.2, -0.15) is 0 Å². The van der Waals surface area contributed by atoms with Gasteiger partial charge >= 0.3 is 0 Å². The normalized spacial score (nSPS) is 43.0. The van der Waals surface area contributed by atoms with Gasteiger partial charge in [-0.1, -0.05) is 25.7 Å². The Morgan fingerprint density at radius 3 is 2.22 bits per heavy atom. The first-order valence-corrected chi connectivity index (χ1v) is 8.22. The second kappa shape index (κ2) is 4.77. The Morgan fingerprint density at radius 2 is 1.56 bits per heavy atom. The SMILES string of the molecule is C1CCC(C2C3NCC3N2N2CCCCC2)CC1. The van der Waals surface area contributed by atoms with Crippen molar-refractivity contribution in [3.63, 3.8) is 0 Å². The lowest BCUT2D eigenvalue weighted by atomic mass is 9.70. The highest BCUT2D eigenvalue weighted by Crippen LogP contribution is 2.43. The summed E-state index contributed by atoms with van der Waals surface area (Å²) in [6, 6.07) is 2.55. The summed E-state index contributed by atoms with van der Waals surface area (Å²) in [5, 5.41) is 9.22. The number of fused-ring (bicyclic) bond motifs is 1. The number of nitrogens with zero attached hydrogens (tertiary/aromatic N) is 2. The summed E-state index contributed by atoms with van der Waals surface area (Å²) >= 11 is 0. The van der Waals surface area contributed by atoms with Crippen LogP contribution in [0.5, 0.6) is 0 Å². The lowest BCUT2D eigenvalue weighted by Gasteiger charge is -2.67. The van der Waals surface area contributed by atoms with E-state index in [1.165, 1.54) is 71.0 Å². The number of nitrogens with one attached hydrogen (secondary N) is 1. The summed E-state index contributed by atoms with van der Waals surface area (Å²) in [6.07, 6.45) is 11.7. The molecule has 3 heterocycles. The van der Waals surface area contributed by atoms with Gasteiger partial charge in [0.1, 0.15) is 0 Å². The van der Waals surface area contributed by atoms with Crippen molar-refractivity contribution >= 4 is 0 Å². The van der Waals surface area contributed by atoms with E-state index in [9.17, 15) is 0 Å². The van der Waals surface area contributed by atoms with E-state index < -0.39 is 0 Å². The number of piperidine rings is 1. The number of rotatable bonds is 2. The van der Waals surface area contributed by atoms with Crippen molar-refractivity contribution in [3.8, 4) is 0 Å². The first-order chi connectivity index (χ1) is 8.95. The van der Waals surface area contributed by atoms with E-state index in [1.54, 1.807) is 0 Å². The molecule has 102 valence electrons. The molecule has 0 aromatic carbocycles. The third-order valence-electron chi connectivity index (χ3n) is 5.78. The molecule has 4 rings (SSSR count). The maximum Gasteiger partial charge on any atom is 0.0543 e. The average molecular weight is 249 g/mol. The number of hydrogen-bond acceptors (Lipinski definition) is 3. The van der Waals surface area contributed by atoms with Gasteiger partial charge in [0.15, 0.2) is 0 Å². The highest BCUT2D eigenvalue weighted by atomic mass is 15.7. The highest BCUT2D eigenvalue weighted by Gasteiger charge is 2.58. The molecule has 4 fully saturated rings. The van der Waals surface area contributed by atoms with Crippen molar-refractivity contribution in [3.05, 3.63) is 0 Å². The first-order valence-electron chi connectivity index (χ1n) is 8.22. The Balaban J connectivity index is 1.46. The van der Waals surface area contributed by atoms with Crippen LogP contribution < -0.4 is 5.32 Å². The van der Waals surface area contributed by atoms with Gasteiger partial charge in [0.2, 0.25) is 0 Å². The molecule has 1 saturated carbocycles. The van der Waals surface area contributed by atoms with Crippen molar-refractivity contribution < 1.29 is 0 Å². The number of hydrazine groups is 1. The zero-order valence-electron chi connectivity index (χ0n) is 11.5. The molecular weight excluding hydrogens is 222 g/mol. The molecule has 3 saturated heterocycles. The van der Waals surface area contributed by atoms with E-state index in [0.29, 0.717) is 0 Å². The molecule has 0 radical (unpaired) electrons. The molecule has 1 N–H and O–H groups in total. The highest BCUT2D eigenvalue weighted by molar-refractivity contribution is 5.14. The van der Waals surface area contributed by atoms with Gasteiger partial charge in [-0.15, -0.1) is 0 Å². The Bertz CT molecular complexity index is 264. The number of piperazine rings is 1. The Labute approximate surface area is 111 Å². The molecule has 3 unspecified atom stereocenters. The number of hydrogen-bond donors (Lipinski definition) is 1. The summed E-state index contributed by atoms with van der Waals surface area (Å²) in [5.74, 6) is 0.981. The zero-order valence-corrected chi connectivity index (χ0v) is 11.5. The van der Waals surface area contributed by atoms with Gasteiger partial charge in [-0.05, 0) is 31.6 Å². The quantitative estimate of drug-likeness (QED) is 0.807. The lowest BCUT2D eigenvalue weighted by molar-refractivity contribution is -0.235. The Hall–Kier alpha value is -0.120. The minimum absolute atomic E-state index is 0.843. The topological polar surface area (TPSA) is 18.5 Å². The second-order valence-electron chi connectivity index (χ2n) is 6.78. The van der Waals surface area contributed by atoms with Crippen molar-refractivity contribution in [2.24, 2.45) is 5.92 Å². The van der Waals surface area contributed by atoms with Gasteiger partial charge in [0, 0.05) is 31.7 Å². The molecule has 0 aromatic rings. The van der Waals surface area contributed by atoms with Crippen molar-refractivity contribution in [1.82, 2.24) is 15.3 Å². The molecule has 18 heavy (non-hydrogen) atoms. The predicted molar refractivity (Wildman–Crippen MR) is 73.2 cm³/mol. The minimum atomic E-state index is 0.843. The fraction of sp³-hybridized carbons (Fsp3) is 1.00. The van der Waals surface area contributed by atoms with Crippen LogP contribution in [0.15, 0.2) is 0 Å². The van der Waals surface area contributed by atoms with Crippen molar-refractivity contribution in [2.75, 3.05) is 19.6 Å². The van der Waals surface area contributed by atoms with Crippen LogP contribution in [0.25, 0.3) is 0 Å². The summed E-state index contributed by atoms with van der Waals surface area (Å²) in [7, 11) is 0. The molecule has 4 aliphatic rings. The summed E-state index contributed by atoms with van der Waals surface area (Å²) in [5.41, 5.74) is 0. The molecule has 3 nitrogen and oxygen atoms in total. The van der Waals surface area contributed by atoms with E-state index in [0.717, 1.165) is 24.0 Å². The van der Waals surface area contributed by atoms with E-state index in [1.807, 2.05) is 0 Å². The first kappa shape index (κ1) is 11.7. The smallest absolute Gasteiger partial charge is 0.0543 e. The summed E-state index contributed by atoms with van der Waals surface area (Å²) < 4.78 is 0. The molecule has 3 heteroatoms. The standard InChI is InChI=1S/C15H27N3/c1-3-7-12(8-4-1)15-14-13(11-16-14)18(15)17-9-5-2-6-10-17/h12-16H,1-11H2. The average Bonchev–Trinajstić information content (AvgIpc) is 2.43. The van der Waals surface area contributed by atoms with Crippen LogP contribution in [0, 0.1) is 5.92 Å². The van der Waals surface area contributed by atoms with Crippen LogP contribution in [0.1, 0.15) is 51.4 Å².